The molecule has 7 heteroatoms. The Morgan fingerprint density at radius 1 is 1.07 bits per heavy atom. The zero-order chi connectivity index (χ0) is 19.5. The predicted molar refractivity (Wildman–Crippen MR) is 108 cm³/mol. The lowest BCUT2D eigenvalue weighted by Crippen LogP contribution is -2.48. The van der Waals surface area contributed by atoms with Gasteiger partial charge in [0.1, 0.15) is 5.82 Å². The van der Waals surface area contributed by atoms with E-state index in [0.29, 0.717) is 43.2 Å². The van der Waals surface area contributed by atoms with Crippen LogP contribution >= 0.6 is 11.6 Å². The predicted octanol–water partition coefficient (Wildman–Crippen LogP) is 3.56. The van der Waals surface area contributed by atoms with E-state index in [4.69, 9.17) is 11.6 Å². The molecule has 0 atom stereocenters. The Bertz CT molecular complexity index is 981. The number of halogens is 2. The minimum atomic E-state index is -0.174. The van der Waals surface area contributed by atoms with Gasteiger partial charge in [-0.2, -0.15) is 5.10 Å². The van der Waals surface area contributed by atoms with Gasteiger partial charge in [0.05, 0.1) is 23.3 Å². The molecule has 0 bridgehead atoms. The second-order valence-electron chi connectivity index (χ2n) is 7.04. The zero-order valence-electron chi connectivity index (χ0n) is 15.5. The first-order valence-electron chi connectivity index (χ1n) is 9.45. The van der Waals surface area contributed by atoms with Crippen molar-refractivity contribution in [2.45, 2.75) is 19.5 Å². The van der Waals surface area contributed by atoms with Crippen LogP contribution in [0.1, 0.15) is 12.0 Å². The van der Waals surface area contributed by atoms with E-state index in [1.807, 2.05) is 39.9 Å². The van der Waals surface area contributed by atoms with Crippen molar-refractivity contribution in [3.8, 4) is 0 Å². The van der Waals surface area contributed by atoms with E-state index in [0.717, 1.165) is 24.0 Å². The maximum Gasteiger partial charge on any atom is 0.224 e. The second kappa shape index (κ2) is 8.29. The number of hydrogen-bond acceptors (Lipinski definition) is 3. The van der Waals surface area contributed by atoms with Gasteiger partial charge in [0.2, 0.25) is 5.91 Å². The first kappa shape index (κ1) is 18.9. The van der Waals surface area contributed by atoms with Gasteiger partial charge in [-0.3, -0.25) is 14.4 Å². The van der Waals surface area contributed by atoms with Crippen molar-refractivity contribution in [2.75, 3.05) is 26.2 Å². The summed E-state index contributed by atoms with van der Waals surface area (Å²) in [5, 5.41) is 5.93. The number of amides is 1. The average molecular weight is 401 g/mol. The average Bonchev–Trinajstić information content (AvgIpc) is 3.13. The number of carbonyl (C=O) groups is 1. The summed E-state index contributed by atoms with van der Waals surface area (Å²) in [4.78, 5) is 16.7. The molecule has 1 saturated heterocycles. The fourth-order valence-corrected chi connectivity index (χ4v) is 3.85. The molecular weight excluding hydrogens is 379 g/mol. The summed E-state index contributed by atoms with van der Waals surface area (Å²) in [6.45, 7) is 3.94. The molecule has 5 nitrogen and oxygen atoms in total. The van der Waals surface area contributed by atoms with E-state index in [-0.39, 0.29) is 11.7 Å². The minimum Gasteiger partial charge on any atom is -0.340 e. The van der Waals surface area contributed by atoms with Crippen LogP contribution in [0, 0.1) is 5.82 Å². The third-order valence-electron chi connectivity index (χ3n) is 5.25. The normalized spacial score (nSPS) is 15.3. The lowest BCUT2D eigenvalue weighted by Gasteiger charge is -2.34. The topological polar surface area (TPSA) is 41.4 Å². The molecule has 1 fully saturated rings. The van der Waals surface area contributed by atoms with Gasteiger partial charge >= 0.3 is 0 Å². The van der Waals surface area contributed by atoms with E-state index < -0.39 is 0 Å². The number of hydrogen-bond donors (Lipinski definition) is 0. The highest BCUT2D eigenvalue weighted by molar-refractivity contribution is 6.35. The Hall–Kier alpha value is -2.44. The molecule has 28 heavy (non-hydrogen) atoms. The van der Waals surface area contributed by atoms with Crippen molar-refractivity contribution in [3.63, 3.8) is 0 Å². The SMILES string of the molecule is O=C(CCn1ncc2c(Cl)cccc21)N1CCN(Cc2ccccc2F)CC1. The molecular formula is C21H22ClFN4O. The van der Waals surface area contributed by atoms with Gasteiger partial charge in [0.15, 0.2) is 0 Å². The zero-order valence-corrected chi connectivity index (χ0v) is 16.3. The first-order valence-corrected chi connectivity index (χ1v) is 9.83. The van der Waals surface area contributed by atoms with E-state index in [9.17, 15) is 9.18 Å². The van der Waals surface area contributed by atoms with Crippen LogP contribution in [0.25, 0.3) is 10.9 Å². The molecule has 1 aliphatic rings. The third kappa shape index (κ3) is 4.03. The number of nitrogens with zero attached hydrogens (tertiary/aromatic N) is 4. The third-order valence-corrected chi connectivity index (χ3v) is 5.58. The molecule has 0 saturated carbocycles. The molecule has 3 aromatic rings. The molecule has 2 heterocycles. The highest BCUT2D eigenvalue weighted by Crippen LogP contribution is 2.23. The fourth-order valence-electron chi connectivity index (χ4n) is 3.63. The van der Waals surface area contributed by atoms with Crippen molar-refractivity contribution in [1.29, 1.82) is 0 Å². The lowest BCUT2D eigenvalue weighted by molar-refractivity contribution is -0.133. The molecule has 146 valence electrons. The molecule has 1 aromatic heterocycles. The summed E-state index contributed by atoms with van der Waals surface area (Å²) >= 11 is 6.18. The van der Waals surface area contributed by atoms with Crippen molar-refractivity contribution in [3.05, 3.63) is 65.1 Å². The number of carbonyl (C=O) groups excluding carboxylic acids is 1. The van der Waals surface area contributed by atoms with Crippen LogP contribution in [0.4, 0.5) is 4.39 Å². The smallest absolute Gasteiger partial charge is 0.224 e. The molecule has 0 spiro atoms. The summed E-state index contributed by atoms with van der Waals surface area (Å²) in [6.07, 6.45) is 2.14. The quantitative estimate of drug-likeness (QED) is 0.657. The van der Waals surface area contributed by atoms with Gasteiger partial charge in [0.25, 0.3) is 0 Å². The number of aromatic nitrogens is 2. The Labute approximate surface area is 168 Å². The molecule has 0 aliphatic carbocycles. The number of fused-ring (bicyclic) bond motifs is 1. The summed E-state index contributed by atoms with van der Waals surface area (Å²) in [6, 6.07) is 12.5. The van der Waals surface area contributed by atoms with E-state index in [2.05, 4.69) is 10.00 Å². The van der Waals surface area contributed by atoms with Gasteiger partial charge in [0, 0.05) is 50.1 Å². The highest BCUT2D eigenvalue weighted by Gasteiger charge is 2.21. The van der Waals surface area contributed by atoms with Gasteiger partial charge in [-0.1, -0.05) is 35.9 Å². The van der Waals surface area contributed by atoms with E-state index in [1.165, 1.54) is 6.07 Å². The number of benzene rings is 2. The van der Waals surface area contributed by atoms with Crippen LogP contribution in [0.2, 0.25) is 5.02 Å². The van der Waals surface area contributed by atoms with Crippen LogP contribution in [0.3, 0.4) is 0 Å². The van der Waals surface area contributed by atoms with Crippen molar-refractivity contribution in [1.82, 2.24) is 19.6 Å². The molecule has 4 rings (SSSR count). The second-order valence-corrected chi connectivity index (χ2v) is 7.45. The van der Waals surface area contributed by atoms with Crippen LogP contribution < -0.4 is 0 Å². The molecule has 1 aliphatic heterocycles. The number of piperazine rings is 1. The molecule has 0 N–H and O–H groups in total. The van der Waals surface area contributed by atoms with Gasteiger partial charge in [-0.05, 0) is 18.2 Å². The maximum atomic E-state index is 13.8. The Morgan fingerprint density at radius 3 is 2.64 bits per heavy atom. The van der Waals surface area contributed by atoms with Crippen molar-refractivity contribution in [2.24, 2.45) is 0 Å². The monoisotopic (exact) mass is 400 g/mol. The number of aryl methyl sites for hydroxylation is 1. The van der Waals surface area contributed by atoms with Gasteiger partial charge < -0.3 is 4.90 Å². The highest BCUT2D eigenvalue weighted by atomic mass is 35.5. The summed E-state index contributed by atoms with van der Waals surface area (Å²) in [7, 11) is 0. The molecule has 2 aromatic carbocycles. The van der Waals surface area contributed by atoms with Gasteiger partial charge in [-0.15, -0.1) is 0 Å². The summed E-state index contributed by atoms with van der Waals surface area (Å²) in [5.41, 5.74) is 1.64. The Balaban J connectivity index is 1.29. The fraction of sp³-hybridized carbons (Fsp3) is 0.333. The van der Waals surface area contributed by atoms with Crippen LogP contribution in [0.5, 0.6) is 0 Å². The van der Waals surface area contributed by atoms with E-state index >= 15 is 0 Å². The van der Waals surface area contributed by atoms with Crippen molar-refractivity contribution >= 4 is 28.4 Å². The molecule has 0 radical (unpaired) electrons. The van der Waals surface area contributed by atoms with E-state index in [1.54, 1.807) is 12.3 Å². The standard InChI is InChI=1S/C21H22ClFN4O/c22-18-5-3-7-20-17(18)14-24-27(20)9-8-21(28)26-12-10-25(11-13-26)15-16-4-1-2-6-19(16)23/h1-7,14H,8-13,15H2. The number of rotatable bonds is 5. The van der Waals surface area contributed by atoms with Crippen LogP contribution in [0.15, 0.2) is 48.7 Å². The molecule has 1 amide bonds. The van der Waals surface area contributed by atoms with Crippen LogP contribution in [-0.4, -0.2) is 51.7 Å². The Morgan fingerprint density at radius 2 is 1.86 bits per heavy atom. The van der Waals surface area contributed by atoms with Crippen LogP contribution in [-0.2, 0) is 17.9 Å². The maximum absolute atomic E-state index is 13.8. The lowest BCUT2D eigenvalue weighted by atomic mass is 10.2. The van der Waals surface area contributed by atoms with Gasteiger partial charge in [-0.25, -0.2) is 4.39 Å². The largest absolute Gasteiger partial charge is 0.340 e. The Kier molecular flexibility index (Phi) is 5.59. The molecule has 0 unspecified atom stereocenters. The van der Waals surface area contributed by atoms with Crippen molar-refractivity contribution < 1.29 is 9.18 Å². The summed E-state index contributed by atoms with van der Waals surface area (Å²) in [5.74, 6) is -0.0521. The summed E-state index contributed by atoms with van der Waals surface area (Å²) < 4.78 is 15.6. The minimum absolute atomic E-state index is 0.121. The first-order chi connectivity index (χ1) is 13.6.